The summed E-state index contributed by atoms with van der Waals surface area (Å²) in [5, 5.41) is 3.61. The second-order valence-corrected chi connectivity index (χ2v) is 6.58. The van der Waals surface area contributed by atoms with Crippen LogP contribution in [0.5, 0.6) is 0 Å². The Morgan fingerprint density at radius 2 is 2.12 bits per heavy atom. The molecule has 1 nitrogen and oxygen atoms in total. The zero-order chi connectivity index (χ0) is 12.3. The molecule has 1 aromatic carbocycles. The van der Waals surface area contributed by atoms with E-state index in [1.54, 1.807) is 0 Å². The maximum Gasteiger partial charge on any atom is 0.0333 e. The minimum Gasteiger partial charge on any atom is -0.310 e. The zero-order valence-electron chi connectivity index (χ0n) is 10.2. The largest absolute Gasteiger partial charge is 0.310 e. The molecule has 0 aliphatic heterocycles. The summed E-state index contributed by atoms with van der Waals surface area (Å²) in [4.78, 5) is 0. The molecule has 1 aliphatic rings. The van der Waals surface area contributed by atoms with Crippen molar-refractivity contribution in [1.82, 2.24) is 5.32 Å². The van der Waals surface area contributed by atoms with Gasteiger partial charge in [0.05, 0.1) is 0 Å². The highest BCUT2D eigenvalue weighted by atomic mass is 79.9. The van der Waals surface area contributed by atoms with E-state index in [0.29, 0.717) is 6.04 Å². The molecule has 94 valence electrons. The van der Waals surface area contributed by atoms with Crippen LogP contribution in [0.2, 0.25) is 0 Å². The first-order chi connectivity index (χ1) is 8.20. The van der Waals surface area contributed by atoms with E-state index in [2.05, 4.69) is 62.3 Å². The Morgan fingerprint density at radius 3 is 2.65 bits per heavy atom. The molecule has 1 atom stereocenters. The average molecular weight is 361 g/mol. The van der Waals surface area contributed by atoms with E-state index in [1.165, 1.54) is 35.7 Å². The van der Waals surface area contributed by atoms with Crippen molar-refractivity contribution in [3.8, 4) is 0 Å². The van der Waals surface area contributed by atoms with Gasteiger partial charge in [0.15, 0.2) is 0 Å². The molecule has 0 spiro atoms. The molecule has 2 rings (SSSR count). The Morgan fingerprint density at radius 1 is 1.35 bits per heavy atom. The lowest BCUT2D eigenvalue weighted by Gasteiger charge is -2.30. The summed E-state index contributed by atoms with van der Waals surface area (Å²) >= 11 is 7.19. The Bertz CT molecular complexity index is 374. The lowest BCUT2D eigenvalue weighted by molar-refractivity contribution is 0.262. The Kier molecular flexibility index (Phi) is 5.07. The first-order valence-electron chi connectivity index (χ1n) is 6.39. The number of benzene rings is 1. The quantitative estimate of drug-likeness (QED) is 0.774. The Balaban J connectivity index is 2.12. The molecule has 0 bridgehead atoms. The third-order valence-corrected chi connectivity index (χ3v) is 4.76. The van der Waals surface area contributed by atoms with Gasteiger partial charge in [0.1, 0.15) is 0 Å². The second-order valence-electron chi connectivity index (χ2n) is 4.81. The van der Waals surface area contributed by atoms with Crippen molar-refractivity contribution < 1.29 is 0 Å². The van der Waals surface area contributed by atoms with Gasteiger partial charge in [-0.1, -0.05) is 64.1 Å². The van der Waals surface area contributed by atoms with Crippen LogP contribution in [0.1, 0.15) is 44.2 Å². The lowest BCUT2D eigenvalue weighted by Crippen LogP contribution is -2.26. The molecule has 1 fully saturated rings. The molecule has 0 amide bonds. The summed E-state index contributed by atoms with van der Waals surface area (Å²) in [6.45, 7) is 3.21. The van der Waals surface area contributed by atoms with E-state index in [4.69, 9.17) is 0 Å². The second kappa shape index (κ2) is 6.35. The number of nitrogens with one attached hydrogen (secondary N) is 1. The van der Waals surface area contributed by atoms with Crippen molar-refractivity contribution in [1.29, 1.82) is 0 Å². The van der Waals surface area contributed by atoms with E-state index >= 15 is 0 Å². The van der Waals surface area contributed by atoms with Crippen molar-refractivity contribution in [2.24, 2.45) is 5.92 Å². The molecule has 17 heavy (non-hydrogen) atoms. The molecule has 3 heteroatoms. The predicted octanol–water partition coefficient (Wildman–Crippen LogP) is 5.05. The fourth-order valence-corrected chi connectivity index (χ4v) is 3.74. The van der Waals surface area contributed by atoms with Crippen LogP contribution in [0.4, 0.5) is 0 Å². The standard InChI is InChI=1S/C14H19Br2N/c1-2-17-14(8-10-4-3-5-10)12-7-6-11(15)9-13(12)16/h6-7,9-10,14,17H,2-5,8H2,1H3. The van der Waals surface area contributed by atoms with Crippen LogP contribution < -0.4 is 5.32 Å². The highest BCUT2D eigenvalue weighted by molar-refractivity contribution is 9.11. The van der Waals surface area contributed by atoms with Crippen molar-refractivity contribution in [3.05, 3.63) is 32.7 Å². The van der Waals surface area contributed by atoms with Gasteiger partial charge in [0.2, 0.25) is 0 Å². The van der Waals surface area contributed by atoms with Gasteiger partial charge in [0.25, 0.3) is 0 Å². The fourth-order valence-electron chi connectivity index (χ4n) is 2.41. The van der Waals surface area contributed by atoms with Crippen LogP contribution in [0.3, 0.4) is 0 Å². The van der Waals surface area contributed by atoms with Gasteiger partial charge in [-0.2, -0.15) is 0 Å². The SMILES string of the molecule is CCNC(CC1CCC1)c1ccc(Br)cc1Br. The van der Waals surface area contributed by atoms with Crippen LogP contribution in [0.15, 0.2) is 27.1 Å². The minimum absolute atomic E-state index is 0.493. The molecular weight excluding hydrogens is 342 g/mol. The molecule has 1 unspecified atom stereocenters. The third kappa shape index (κ3) is 3.55. The van der Waals surface area contributed by atoms with Gasteiger partial charge in [0, 0.05) is 15.0 Å². The molecule has 1 N–H and O–H groups in total. The fraction of sp³-hybridized carbons (Fsp3) is 0.571. The summed E-state index contributed by atoms with van der Waals surface area (Å²) in [6.07, 6.45) is 5.52. The van der Waals surface area contributed by atoms with Crippen LogP contribution in [-0.4, -0.2) is 6.54 Å². The highest BCUT2D eigenvalue weighted by Gasteiger charge is 2.23. The van der Waals surface area contributed by atoms with Crippen LogP contribution in [-0.2, 0) is 0 Å². The van der Waals surface area contributed by atoms with E-state index < -0.39 is 0 Å². The highest BCUT2D eigenvalue weighted by Crippen LogP contribution is 2.37. The maximum atomic E-state index is 3.68. The smallest absolute Gasteiger partial charge is 0.0333 e. The lowest BCUT2D eigenvalue weighted by atomic mass is 9.79. The monoisotopic (exact) mass is 359 g/mol. The minimum atomic E-state index is 0.493. The third-order valence-electron chi connectivity index (χ3n) is 3.58. The van der Waals surface area contributed by atoms with E-state index in [9.17, 15) is 0 Å². The van der Waals surface area contributed by atoms with E-state index in [1.807, 2.05) is 0 Å². The van der Waals surface area contributed by atoms with Crippen LogP contribution in [0, 0.1) is 5.92 Å². The van der Waals surface area contributed by atoms with E-state index in [-0.39, 0.29) is 0 Å². The number of halogens is 2. The van der Waals surface area contributed by atoms with Crippen molar-refractivity contribution >= 4 is 31.9 Å². The summed E-state index contributed by atoms with van der Waals surface area (Å²) in [5.41, 5.74) is 1.39. The van der Waals surface area contributed by atoms with Gasteiger partial charge >= 0.3 is 0 Å². The molecular formula is C14H19Br2N. The van der Waals surface area contributed by atoms with Gasteiger partial charge in [-0.05, 0) is 36.6 Å². The molecule has 0 radical (unpaired) electrons. The van der Waals surface area contributed by atoms with Gasteiger partial charge < -0.3 is 5.32 Å². The first-order valence-corrected chi connectivity index (χ1v) is 7.97. The summed E-state index contributed by atoms with van der Waals surface area (Å²) < 4.78 is 2.34. The maximum absolute atomic E-state index is 3.68. The Labute approximate surface area is 121 Å². The molecule has 1 aliphatic carbocycles. The van der Waals surface area contributed by atoms with Gasteiger partial charge in [-0.15, -0.1) is 0 Å². The molecule has 0 saturated heterocycles. The first kappa shape index (κ1) is 13.6. The van der Waals surface area contributed by atoms with Crippen molar-refractivity contribution in [2.45, 2.75) is 38.6 Å². The number of hydrogen-bond donors (Lipinski definition) is 1. The molecule has 0 heterocycles. The van der Waals surface area contributed by atoms with Crippen LogP contribution in [0.25, 0.3) is 0 Å². The Hall–Kier alpha value is 0.140. The molecule has 1 saturated carbocycles. The van der Waals surface area contributed by atoms with Crippen LogP contribution >= 0.6 is 31.9 Å². The zero-order valence-corrected chi connectivity index (χ0v) is 13.4. The summed E-state index contributed by atoms with van der Waals surface area (Å²) in [7, 11) is 0. The van der Waals surface area contributed by atoms with Gasteiger partial charge in [-0.25, -0.2) is 0 Å². The molecule has 0 aromatic heterocycles. The van der Waals surface area contributed by atoms with E-state index in [0.717, 1.165) is 16.9 Å². The predicted molar refractivity (Wildman–Crippen MR) is 80.2 cm³/mol. The van der Waals surface area contributed by atoms with Crippen molar-refractivity contribution in [2.75, 3.05) is 6.54 Å². The average Bonchev–Trinajstić information content (AvgIpc) is 2.22. The van der Waals surface area contributed by atoms with Gasteiger partial charge in [-0.3, -0.25) is 0 Å². The normalized spacial score (nSPS) is 17.8. The summed E-state index contributed by atoms with van der Waals surface area (Å²) in [5.74, 6) is 0.926. The van der Waals surface area contributed by atoms with Crippen molar-refractivity contribution in [3.63, 3.8) is 0 Å². The number of hydrogen-bond acceptors (Lipinski definition) is 1. The summed E-state index contributed by atoms with van der Waals surface area (Å²) in [6, 6.07) is 6.99. The number of rotatable bonds is 5. The topological polar surface area (TPSA) is 12.0 Å². The molecule has 1 aromatic rings.